The highest BCUT2D eigenvalue weighted by atomic mass is 35.5. The van der Waals surface area contributed by atoms with Gasteiger partial charge >= 0.3 is 0 Å². The summed E-state index contributed by atoms with van der Waals surface area (Å²) in [5.41, 5.74) is 6.06. The number of amides is 1. The second-order valence-electron chi connectivity index (χ2n) is 4.43. The van der Waals surface area contributed by atoms with Gasteiger partial charge < -0.3 is 5.73 Å². The lowest BCUT2D eigenvalue weighted by Gasteiger charge is -2.07. The number of nitrogens with two attached hydrogens (primary N) is 1. The minimum absolute atomic E-state index is 0.101. The minimum Gasteiger partial charge on any atom is -0.366 e. The third kappa shape index (κ3) is 3.89. The van der Waals surface area contributed by atoms with Crippen molar-refractivity contribution < 1.29 is 9.18 Å². The van der Waals surface area contributed by atoms with Crippen molar-refractivity contribution >= 4 is 29.1 Å². The summed E-state index contributed by atoms with van der Waals surface area (Å²) in [5.74, 6) is -1.35. The molecule has 1 aromatic carbocycles. The molecule has 1 amide bonds. The largest absolute Gasteiger partial charge is 0.366 e. The quantitative estimate of drug-likeness (QED) is 0.857. The number of carbonyl (C=O) groups is 1. The molecule has 0 unspecified atom stereocenters. The smallest absolute Gasteiger partial charge is 0.251 e. The van der Waals surface area contributed by atoms with Gasteiger partial charge in [-0.15, -0.1) is 0 Å². The summed E-state index contributed by atoms with van der Waals surface area (Å²) in [4.78, 5) is 18.9. The average Bonchev–Trinajstić information content (AvgIpc) is 2.44. The Morgan fingerprint density at radius 1 is 1.29 bits per heavy atom. The van der Waals surface area contributed by atoms with Gasteiger partial charge in [-0.3, -0.25) is 4.79 Å². The van der Waals surface area contributed by atoms with Gasteiger partial charge in [-0.05, 0) is 42.5 Å². The Morgan fingerprint density at radius 2 is 2.05 bits per heavy atom. The number of hydrogen-bond donors (Lipinski definition) is 1. The van der Waals surface area contributed by atoms with Crippen LogP contribution in [0.3, 0.4) is 0 Å². The normalized spacial score (nSPS) is 10.6. The number of halogens is 3. The Balaban J connectivity index is 2.05. The van der Waals surface area contributed by atoms with Gasteiger partial charge in [0.1, 0.15) is 5.82 Å². The number of aryl methyl sites for hydroxylation is 2. The first-order valence-corrected chi connectivity index (χ1v) is 6.98. The zero-order valence-corrected chi connectivity index (χ0v) is 12.5. The highest BCUT2D eigenvalue weighted by Gasteiger charge is 2.12. The third-order valence-corrected chi connectivity index (χ3v) is 3.49. The molecule has 0 aliphatic heterocycles. The summed E-state index contributed by atoms with van der Waals surface area (Å²) in [5, 5.41) is 0.544. The van der Waals surface area contributed by atoms with E-state index >= 15 is 0 Å². The Bertz CT molecular complexity index is 679. The molecule has 0 aliphatic rings. The first-order chi connectivity index (χ1) is 9.99. The maximum Gasteiger partial charge on any atom is 0.251 e. The van der Waals surface area contributed by atoms with E-state index in [1.807, 2.05) is 0 Å². The van der Waals surface area contributed by atoms with Crippen molar-refractivity contribution in [2.45, 2.75) is 19.3 Å². The molecule has 0 radical (unpaired) electrons. The Kier molecular flexibility index (Phi) is 5.09. The number of rotatable bonds is 5. The van der Waals surface area contributed by atoms with Gasteiger partial charge in [0.25, 0.3) is 5.91 Å². The lowest BCUT2D eigenvalue weighted by molar-refractivity contribution is 0.0996. The predicted molar refractivity (Wildman–Crippen MR) is 79.0 cm³/mol. The summed E-state index contributed by atoms with van der Waals surface area (Å²) < 4.78 is 14.0. The second kappa shape index (κ2) is 6.83. The van der Waals surface area contributed by atoms with Crippen LogP contribution in [0.25, 0.3) is 0 Å². The molecule has 0 saturated heterocycles. The number of primary amides is 1. The van der Waals surface area contributed by atoms with Crippen LogP contribution >= 0.6 is 23.2 Å². The molecular formula is C14H12Cl2FN3O. The lowest BCUT2D eigenvalue weighted by atomic mass is 10.0. The van der Waals surface area contributed by atoms with Crippen molar-refractivity contribution in [1.29, 1.82) is 0 Å². The fourth-order valence-electron chi connectivity index (χ4n) is 1.96. The van der Waals surface area contributed by atoms with Crippen LogP contribution in [0, 0.1) is 5.82 Å². The van der Waals surface area contributed by atoms with Crippen molar-refractivity contribution in [3.63, 3.8) is 0 Å². The number of aromatic nitrogens is 2. The molecule has 2 aromatic rings. The molecule has 4 nitrogen and oxygen atoms in total. The third-order valence-electron chi connectivity index (χ3n) is 2.99. The van der Waals surface area contributed by atoms with E-state index in [0.29, 0.717) is 35.5 Å². The van der Waals surface area contributed by atoms with Gasteiger partial charge in [0.05, 0.1) is 22.5 Å². The first kappa shape index (κ1) is 15.7. The molecule has 0 aliphatic carbocycles. The van der Waals surface area contributed by atoms with Crippen molar-refractivity contribution in [2.24, 2.45) is 5.73 Å². The summed E-state index contributed by atoms with van der Waals surface area (Å²) in [6.07, 6.45) is 3.00. The van der Waals surface area contributed by atoms with Crippen LogP contribution in [0.15, 0.2) is 24.4 Å². The molecule has 0 saturated carbocycles. The molecule has 110 valence electrons. The average molecular weight is 328 g/mol. The molecular weight excluding hydrogens is 316 g/mol. The molecule has 2 N–H and O–H groups in total. The van der Waals surface area contributed by atoms with Crippen LogP contribution in [-0.2, 0) is 12.8 Å². The Morgan fingerprint density at radius 3 is 2.76 bits per heavy atom. The highest BCUT2D eigenvalue weighted by Crippen LogP contribution is 2.19. The van der Waals surface area contributed by atoms with Crippen LogP contribution in [0.2, 0.25) is 10.3 Å². The minimum atomic E-state index is -0.778. The van der Waals surface area contributed by atoms with E-state index in [0.717, 1.165) is 0 Å². The van der Waals surface area contributed by atoms with Crippen molar-refractivity contribution in [1.82, 2.24) is 9.97 Å². The van der Waals surface area contributed by atoms with Gasteiger partial charge in [0, 0.05) is 0 Å². The summed E-state index contributed by atoms with van der Waals surface area (Å²) in [6.45, 7) is 0. The Hall–Kier alpha value is -1.72. The summed E-state index contributed by atoms with van der Waals surface area (Å²) in [6, 6.07) is 4.59. The van der Waals surface area contributed by atoms with Crippen LogP contribution in [-0.4, -0.2) is 15.9 Å². The van der Waals surface area contributed by atoms with Crippen LogP contribution in [0.5, 0.6) is 0 Å². The molecule has 21 heavy (non-hydrogen) atoms. The van der Waals surface area contributed by atoms with Gasteiger partial charge in [-0.2, -0.15) is 0 Å². The van der Waals surface area contributed by atoms with Crippen molar-refractivity contribution in [3.05, 3.63) is 57.3 Å². The van der Waals surface area contributed by atoms with Crippen molar-refractivity contribution in [2.75, 3.05) is 0 Å². The number of nitrogens with zero attached hydrogens (tertiary/aromatic N) is 2. The molecule has 0 bridgehead atoms. The monoisotopic (exact) mass is 327 g/mol. The van der Waals surface area contributed by atoms with Gasteiger partial charge in [0.2, 0.25) is 5.28 Å². The zero-order valence-electron chi connectivity index (χ0n) is 10.9. The topological polar surface area (TPSA) is 68.9 Å². The van der Waals surface area contributed by atoms with E-state index in [2.05, 4.69) is 9.97 Å². The van der Waals surface area contributed by atoms with E-state index in [1.165, 1.54) is 12.3 Å². The number of benzene rings is 1. The molecule has 0 fully saturated rings. The van der Waals surface area contributed by atoms with E-state index in [4.69, 9.17) is 28.9 Å². The van der Waals surface area contributed by atoms with Crippen molar-refractivity contribution in [3.8, 4) is 0 Å². The molecule has 0 atom stereocenters. The highest BCUT2D eigenvalue weighted by molar-refractivity contribution is 6.31. The predicted octanol–water partition coefficient (Wildman–Crippen LogP) is 3.20. The first-order valence-electron chi connectivity index (χ1n) is 6.23. The molecule has 1 aromatic heterocycles. The van der Waals surface area contributed by atoms with E-state index in [-0.39, 0.29) is 10.8 Å². The molecule has 7 heteroatoms. The van der Waals surface area contributed by atoms with Crippen LogP contribution in [0.1, 0.15) is 28.0 Å². The maximum atomic E-state index is 14.0. The maximum absolute atomic E-state index is 14.0. The Labute approximate surface area is 131 Å². The molecule has 0 spiro atoms. The van der Waals surface area contributed by atoms with Gasteiger partial charge in [-0.25, -0.2) is 14.4 Å². The fraction of sp³-hybridized carbons (Fsp3) is 0.214. The van der Waals surface area contributed by atoms with Crippen LogP contribution in [0.4, 0.5) is 4.39 Å². The van der Waals surface area contributed by atoms with Crippen LogP contribution < -0.4 is 5.73 Å². The summed E-state index contributed by atoms with van der Waals surface area (Å²) in [7, 11) is 0. The lowest BCUT2D eigenvalue weighted by Crippen LogP contribution is -2.14. The SMILES string of the molecule is NC(=O)c1cccc(CCCc2nc(Cl)ncc2Cl)c1F. The number of carbonyl (C=O) groups excluding carboxylic acids is 1. The second-order valence-corrected chi connectivity index (χ2v) is 5.18. The molecule has 2 rings (SSSR count). The zero-order chi connectivity index (χ0) is 15.4. The van der Waals surface area contributed by atoms with Gasteiger partial charge in [-0.1, -0.05) is 23.7 Å². The van der Waals surface area contributed by atoms with E-state index in [9.17, 15) is 9.18 Å². The standard InChI is InChI=1S/C14H12Cl2FN3O/c15-10-7-19-14(16)20-11(10)6-2-4-8-3-1-5-9(12(8)17)13(18)21/h1,3,5,7H,2,4,6H2,(H2,18,21). The summed E-state index contributed by atoms with van der Waals surface area (Å²) >= 11 is 11.7. The number of hydrogen-bond acceptors (Lipinski definition) is 3. The fourth-order valence-corrected chi connectivity index (χ4v) is 2.30. The van der Waals surface area contributed by atoms with E-state index in [1.54, 1.807) is 12.1 Å². The van der Waals surface area contributed by atoms with Gasteiger partial charge in [0.15, 0.2) is 0 Å². The molecule has 1 heterocycles. The van der Waals surface area contributed by atoms with E-state index < -0.39 is 11.7 Å².